The summed E-state index contributed by atoms with van der Waals surface area (Å²) in [6.45, 7) is 0.455. The van der Waals surface area contributed by atoms with E-state index in [1.165, 1.54) is 4.68 Å². The second kappa shape index (κ2) is 7.21. The van der Waals surface area contributed by atoms with Crippen LogP contribution in [0.3, 0.4) is 0 Å². The third-order valence-corrected chi connectivity index (χ3v) is 4.24. The van der Waals surface area contributed by atoms with Crippen LogP contribution in [0, 0.1) is 0 Å². The summed E-state index contributed by atoms with van der Waals surface area (Å²) in [5.74, 6) is -0.178. The highest BCUT2D eigenvalue weighted by Gasteiger charge is 2.09. The fourth-order valence-corrected chi connectivity index (χ4v) is 2.79. The molecule has 0 aliphatic heterocycles. The van der Waals surface area contributed by atoms with Crippen molar-refractivity contribution in [2.45, 2.75) is 6.54 Å². The Labute approximate surface area is 155 Å². The van der Waals surface area contributed by atoms with Gasteiger partial charge in [-0.2, -0.15) is 4.68 Å². The number of amides is 1. The molecule has 1 aromatic heterocycles. The van der Waals surface area contributed by atoms with E-state index in [0.717, 1.165) is 5.56 Å². The quantitative estimate of drug-likeness (QED) is 0.610. The molecule has 0 unspecified atom stereocenters. The normalized spacial score (nSPS) is 10.7. The predicted octanol–water partition coefficient (Wildman–Crippen LogP) is 2.71. The van der Waals surface area contributed by atoms with Crippen LogP contribution in [0.4, 0.5) is 0 Å². The van der Waals surface area contributed by atoms with Crippen LogP contribution in [0.15, 0.2) is 83.7 Å². The lowest BCUT2D eigenvalue weighted by atomic mass is 10.1. The first-order valence-electron chi connectivity index (χ1n) is 8.50. The number of benzene rings is 3. The molecule has 0 spiro atoms. The zero-order chi connectivity index (χ0) is 18.6. The highest BCUT2D eigenvalue weighted by molar-refractivity contribution is 5.94. The van der Waals surface area contributed by atoms with Crippen LogP contribution < -0.4 is 10.9 Å². The van der Waals surface area contributed by atoms with Gasteiger partial charge >= 0.3 is 0 Å². The molecule has 0 saturated carbocycles. The maximum atomic E-state index is 12.6. The van der Waals surface area contributed by atoms with Crippen molar-refractivity contribution in [2.24, 2.45) is 0 Å². The molecule has 4 rings (SSSR count). The number of carbonyl (C=O) groups is 1. The Kier molecular flexibility index (Phi) is 4.45. The molecule has 132 valence electrons. The van der Waals surface area contributed by atoms with Gasteiger partial charge in [-0.05, 0) is 42.0 Å². The van der Waals surface area contributed by atoms with E-state index in [2.05, 4.69) is 15.6 Å². The Balaban J connectivity index is 1.55. The Morgan fingerprint density at radius 3 is 2.37 bits per heavy atom. The molecule has 0 aliphatic rings. The maximum Gasteiger partial charge on any atom is 0.282 e. The van der Waals surface area contributed by atoms with Crippen LogP contribution in [-0.2, 0) is 6.54 Å². The van der Waals surface area contributed by atoms with Crippen molar-refractivity contribution < 1.29 is 4.79 Å². The lowest BCUT2D eigenvalue weighted by Gasteiger charge is -2.07. The number of carbonyl (C=O) groups excluding carboxylic acids is 1. The second-order valence-corrected chi connectivity index (χ2v) is 6.04. The van der Waals surface area contributed by atoms with Gasteiger partial charge in [-0.1, -0.05) is 47.7 Å². The number of fused-ring (bicyclic) bond motifs is 1. The molecule has 3 aromatic carbocycles. The minimum absolute atomic E-state index is 0.178. The Bertz CT molecular complexity index is 1150. The van der Waals surface area contributed by atoms with Crippen LogP contribution in [0.2, 0.25) is 0 Å². The van der Waals surface area contributed by atoms with Crippen molar-refractivity contribution in [3.63, 3.8) is 0 Å². The molecule has 0 atom stereocenters. The van der Waals surface area contributed by atoms with Gasteiger partial charge in [-0.25, -0.2) is 0 Å². The zero-order valence-electron chi connectivity index (χ0n) is 14.4. The van der Waals surface area contributed by atoms with E-state index in [9.17, 15) is 9.59 Å². The third kappa shape index (κ3) is 3.46. The van der Waals surface area contributed by atoms with E-state index in [1.54, 1.807) is 42.5 Å². The summed E-state index contributed by atoms with van der Waals surface area (Å²) in [6.07, 6.45) is 0. The molecule has 0 aliphatic carbocycles. The minimum Gasteiger partial charge on any atom is -0.348 e. The summed E-state index contributed by atoms with van der Waals surface area (Å²) in [7, 11) is 0. The molecule has 4 aromatic rings. The molecule has 0 bridgehead atoms. The van der Waals surface area contributed by atoms with Crippen molar-refractivity contribution in [3.05, 3.63) is 100 Å². The SMILES string of the molecule is O=C(NCc1ccccc1)c1ccc(-n2nnc3ccccc3c2=O)cc1. The smallest absolute Gasteiger partial charge is 0.282 e. The van der Waals surface area contributed by atoms with Gasteiger partial charge in [0, 0.05) is 12.1 Å². The molecule has 0 radical (unpaired) electrons. The monoisotopic (exact) mass is 356 g/mol. The van der Waals surface area contributed by atoms with E-state index in [4.69, 9.17) is 0 Å². The fourth-order valence-electron chi connectivity index (χ4n) is 2.79. The van der Waals surface area contributed by atoms with Crippen LogP contribution in [0.1, 0.15) is 15.9 Å². The summed E-state index contributed by atoms with van der Waals surface area (Å²) in [5, 5.41) is 11.4. The second-order valence-electron chi connectivity index (χ2n) is 6.04. The number of rotatable bonds is 4. The number of nitrogens with one attached hydrogen (secondary N) is 1. The third-order valence-electron chi connectivity index (χ3n) is 4.24. The lowest BCUT2D eigenvalue weighted by molar-refractivity contribution is 0.0951. The predicted molar refractivity (Wildman–Crippen MR) is 103 cm³/mol. The van der Waals surface area contributed by atoms with Gasteiger partial charge < -0.3 is 5.32 Å². The summed E-state index contributed by atoms with van der Waals surface area (Å²) < 4.78 is 1.23. The van der Waals surface area contributed by atoms with Crippen LogP contribution in [0.5, 0.6) is 0 Å². The van der Waals surface area contributed by atoms with Gasteiger partial charge in [-0.3, -0.25) is 9.59 Å². The van der Waals surface area contributed by atoms with E-state index in [1.807, 2.05) is 36.4 Å². The lowest BCUT2D eigenvalue weighted by Crippen LogP contribution is -2.24. The first-order valence-corrected chi connectivity index (χ1v) is 8.50. The van der Waals surface area contributed by atoms with Gasteiger partial charge in [0.2, 0.25) is 0 Å². The van der Waals surface area contributed by atoms with Gasteiger partial charge in [0.25, 0.3) is 11.5 Å². The maximum absolute atomic E-state index is 12.6. The largest absolute Gasteiger partial charge is 0.348 e. The average Bonchev–Trinajstić information content (AvgIpc) is 2.73. The molecule has 0 fully saturated rings. The fraction of sp³-hybridized carbons (Fsp3) is 0.0476. The highest BCUT2D eigenvalue weighted by atomic mass is 16.1. The van der Waals surface area contributed by atoms with E-state index < -0.39 is 0 Å². The molecule has 0 saturated heterocycles. The summed E-state index contributed by atoms with van der Waals surface area (Å²) in [4.78, 5) is 24.9. The van der Waals surface area contributed by atoms with Crippen molar-refractivity contribution in [3.8, 4) is 5.69 Å². The summed E-state index contributed by atoms with van der Waals surface area (Å²) in [6, 6.07) is 23.5. The number of aromatic nitrogens is 3. The molecule has 1 heterocycles. The van der Waals surface area contributed by atoms with Gasteiger partial charge in [0.05, 0.1) is 11.1 Å². The molecule has 1 amide bonds. The van der Waals surface area contributed by atoms with E-state index in [-0.39, 0.29) is 11.5 Å². The Hall–Kier alpha value is -3.80. The molecule has 6 heteroatoms. The molecule has 1 N–H and O–H groups in total. The van der Waals surface area contributed by atoms with Crippen LogP contribution >= 0.6 is 0 Å². The van der Waals surface area contributed by atoms with Gasteiger partial charge in [0.1, 0.15) is 5.52 Å². The molecule has 6 nitrogen and oxygen atoms in total. The van der Waals surface area contributed by atoms with Gasteiger partial charge in [0.15, 0.2) is 0 Å². The standard InChI is InChI=1S/C21H16N4O2/c26-20(22-14-15-6-2-1-3-7-15)16-10-12-17(13-11-16)25-21(27)18-8-4-5-9-19(18)23-24-25/h1-13H,14H2,(H,22,26). The van der Waals surface area contributed by atoms with Gasteiger partial charge in [-0.15, -0.1) is 5.10 Å². The Morgan fingerprint density at radius 2 is 1.59 bits per heavy atom. The average molecular weight is 356 g/mol. The summed E-state index contributed by atoms with van der Waals surface area (Å²) >= 11 is 0. The molecular weight excluding hydrogens is 340 g/mol. The van der Waals surface area contributed by atoms with Crippen LogP contribution in [-0.4, -0.2) is 20.9 Å². The number of hydrogen-bond donors (Lipinski definition) is 1. The van der Waals surface area contributed by atoms with E-state index >= 15 is 0 Å². The molecular formula is C21H16N4O2. The first kappa shape index (κ1) is 16.7. The molecule has 27 heavy (non-hydrogen) atoms. The number of nitrogens with zero attached hydrogens (tertiary/aromatic N) is 3. The Morgan fingerprint density at radius 1 is 0.889 bits per heavy atom. The minimum atomic E-state index is -0.248. The van der Waals surface area contributed by atoms with Crippen molar-refractivity contribution >= 4 is 16.8 Å². The number of hydrogen-bond acceptors (Lipinski definition) is 4. The first-order chi connectivity index (χ1) is 13.2. The van der Waals surface area contributed by atoms with Crippen molar-refractivity contribution in [2.75, 3.05) is 0 Å². The summed E-state index contributed by atoms with van der Waals surface area (Å²) in [5.41, 5.74) is 2.40. The van der Waals surface area contributed by atoms with E-state index in [0.29, 0.717) is 28.7 Å². The van der Waals surface area contributed by atoms with Crippen molar-refractivity contribution in [1.82, 2.24) is 20.3 Å². The highest BCUT2D eigenvalue weighted by Crippen LogP contribution is 2.10. The zero-order valence-corrected chi connectivity index (χ0v) is 14.4. The van der Waals surface area contributed by atoms with Crippen LogP contribution in [0.25, 0.3) is 16.6 Å². The topological polar surface area (TPSA) is 76.9 Å². The van der Waals surface area contributed by atoms with Crippen molar-refractivity contribution in [1.29, 1.82) is 0 Å².